The summed E-state index contributed by atoms with van der Waals surface area (Å²) in [5.41, 5.74) is 5.95. The van der Waals surface area contributed by atoms with Crippen LogP contribution >= 0.6 is 0 Å². The highest BCUT2D eigenvalue weighted by Gasteiger charge is 2.22. The van der Waals surface area contributed by atoms with Gasteiger partial charge >= 0.3 is 0 Å². The van der Waals surface area contributed by atoms with Gasteiger partial charge in [-0.15, -0.1) is 0 Å². The molecule has 1 atom stereocenters. The molecule has 16 heavy (non-hydrogen) atoms. The minimum atomic E-state index is -0.0881. The van der Waals surface area contributed by atoms with Gasteiger partial charge in [0.1, 0.15) is 0 Å². The van der Waals surface area contributed by atoms with E-state index in [0.717, 1.165) is 18.7 Å². The summed E-state index contributed by atoms with van der Waals surface area (Å²) in [5, 5.41) is 4.08. The largest absolute Gasteiger partial charge is 0.338 e. The number of aromatic nitrogens is 2. The normalized spacial score (nSPS) is 19.9. The molecule has 0 aliphatic heterocycles. The van der Waals surface area contributed by atoms with E-state index >= 15 is 0 Å². The van der Waals surface area contributed by atoms with Gasteiger partial charge in [0.2, 0.25) is 5.89 Å². The van der Waals surface area contributed by atoms with Gasteiger partial charge in [-0.05, 0) is 19.3 Å². The smallest absolute Gasteiger partial charge is 0.243 e. The van der Waals surface area contributed by atoms with E-state index in [2.05, 4.69) is 17.1 Å². The summed E-state index contributed by atoms with van der Waals surface area (Å²) in [7, 11) is 0. The van der Waals surface area contributed by atoms with Gasteiger partial charge in [0.15, 0.2) is 5.82 Å². The van der Waals surface area contributed by atoms with Crippen molar-refractivity contribution in [2.75, 3.05) is 0 Å². The van der Waals surface area contributed by atoms with E-state index in [1.807, 2.05) is 0 Å². The number of rotatable bonds is 4. The Hall–Kier alpha value is -0.900. The van der Waals surface area contributed by atoms with Crippen molar-refractivity contribution in [1.82, 2.24) is 10.1 Å². The van der Waals surface area contributed by atoms with Crippen LogP contribution in [-0.4, -0.2) is 10.1 Å². The molecule has 0 saturated heterocycles. The molecular weight excluding hydrogens is 202 g/mol. The second-order valence-corrected chi connectivity index (χ2v) is 4.72. The van der Waals surface area contributed by atoms with Crippen molar-refractivity contribution < 1.29 is 4.52 Å². The molecule has 2 N–H and O–H groups in total. The lowest BCUT2D eigenvalue weighted by Crippen LogP contribution is -2.11. The van der Waals surface area contributed by atoms with E-state index in [4.69, 9.17) is 10.3 Å². The highest BCUT2D eigenvalue weighted by molar-refractivity contribution is 4.99. The van der Waals surface area contributed by atoms with Crippen LogP contribution in [0.25, 0.3) is 0 Å². The Morgan fingerprint density at radius 1 is 1.38 bits per heavy atom. The molecule has 4 heteroatoms. The Balaban J connectivity index is 2.00. The van der Waals surface area contributed by atoms with E-state index in [1.165, 1.54) is 32.1 Å². The lowest BCUT2D eigenvalue weighted by molar-refractivity contribution is 0.336. The van der Waals surface area contributed by atoms with Crippen LogP contribution in [0.1, 0.15) is 75.5 Å². The molecule has 1 aromatic rings. The number of nitrogens with zero attached hydrogens (tertiary/aromatic N) is 2. The van der Waals surface area contributed by atoms with Crippen LogP contribution in [-0.2, 0) is 0 Å². The summed E-state index contributed by atoms with van der Waals surface area (Å²) in [5.74, 6) is 1.99. The van der Waals surface area contributed by atoms with E-state index in [1.54, 1.807) is 0 Å². The third kappa shape index (κ3) is 2.61. The molecule has 1 aliphatic carbocycles. The van der Waals surface area contributed by atoms with Gasteiger partial charge < -0.3 is 10.3 Å². The van der Waals surface area contributed by atoms with E-state index in [-0.39, 0.29) is 6.04 Å². The fourth-order valence-corrected chi connectivity index (χ4v) is 2.36. The fraction of sp³-hybridized carbons (Fsp3) is 0.833. The molecule has 2 rings (SSSR count). The fourth-order valence-electron chi connectivity index (χ4n) is 2.36. The second kappa shape index (κ2) is 5.43. The Bertz CT molecular complexity index is 318. The summed E-state index contributed by atoms with van der Waals surface area (Å²) in [6.07, 6.45) is 8.26. The Morgan fingerprint density at radius 2 is 2.12 bits per heavy atom. The molecule has 0 aromatic carbocycles. The third-order valence-electron chi connectivity index (χ3n) is 3.34. The van der Waals surface area contributed by atoms with Crippen LogP contribution in [0, 0.1) is 0 Å². The first-order valence-electron chi connectivity index (χ1n) is 6.40. The van der Waals surface area contributed by atoms with Gasteiger partial charge in [-0.25, -0.2) is 0 Å². The van der Waals surface area contributed by atoms with Crippen LogP contribution in [0.3, 0.4) is 0 Å². The molecule has 0 radical (unpaired) electrons. The maximum Gasteiger partial charge on any atom is 0.243 e. The van der Waals surface area contributed by atoms with E-state index < -0.39 is 0 Å². The second-order valence-electron chi connectivity index (χ2n) is 4.72. The van der Waals surface area contributed by atoms with Crippen molar-refractivity contribution in [2.45, 2.75) is 63.8 Å². The molecule has 0 bridgehead atoms. The van der Waals surface area contributed by atoms with E-state index in [9.17, 15) is 0 Å². The van der Waals surface area contributed by atoms with Gasteiger partial charge in [0, 0.05) is 5.92 Å². The predicted molar refractivity (Wildman–Crippen MR) is 62.0 cm³/mol. The number of hydrogen-bond acceptors (Lipinski definition) is 4. The molecular formula is C12H21N3O. The van der Waals surface area contributed by atoms with Crippen LogP contribution < -0.4 is 5.73 Å². The van der Waals surface area contributed by atoms with Crippen molar-refractivity contribution in [3.8, 4) is 0 Å². The number of hydrogen-bond donors (Lipinski definition) is 1. The zero-order valence-corrected chi connectivity index (χ0v) is 9.98. The Kier molecular flexibility index (Phi) is 3.93. The average molecular weight is 223 g/mol. The molecule has 1 aromatic heterocycles. The molecule has 1 aliphatic rings. The zero-order chi connectivity index (χ0) is 11.4. The summed E-state index contributed by atoms with van der Waals surface area (Å²) in [6, 6.07) is -0.0881. The Labute approximate surface area is 96.6 Å². The first-order valence-corrected chi connectivity index (χ1v) is 6.40. The lowest BCUT2D eigenvalue weighted by atomic mass is 9.89. The van der Waals surface area contributed by atoms with Crippen LogP contribution in [0.4, 0.5) is 0 Å². The highest BCUT2D eigenvalue weighted by Crippen LogP contribution is 2.31. The standard InChI is InChI=1S/C12H21N3O/c1-2-6-10(13)12-14-11(15-16-12)9-7-4-3-5-8-9/h9-10H,2-8,13H2,1H3/t10-/m0/s1. The van der Waals surface area contributed by atoms with Gasteiger partial charge in [0.25, 0.3) is 0 Å². The van der Waals surface area contributed by atoms with E-state index in [0.29, 0.717) is 11.8 Å². The zero-order valence-electron chi connectivity index (χ0n) is 9.98. The van der Waals surface area contributed by atoms with Crippen molar-refractivity contribution in [1.29, 1.82) is 0 Å². The maximum atomic E-state index is 5.95. The highest BCUT2D eigenvalue weighted by atomic mass is 16.5. The van der Waals surface area contributed by atoms with Crippen molar-refractivity contribution >= 4 is 0 Å². The van der Waals surface area contributed by atoms with Crippen LogP contribution in [0.5, 0.6) is 0 Å². The van der Waals surface area contributed by atoms with Gasteiger partial charge in [-0.1, -0.05) is 37.8 Å². The quantitative estimate of drug-likeness (QED) is 0.852. The number of nitrogens with two attached hydrogens (primary N) is 1. The average Bonchev–Trinajstić information content (AvgIpc) is 2.80. The maximum absolute atomic E-state index is 5.95. The molecule has 1 heterocycles. The molecule has 0 unspecified atom stereocenters. The van der Waals surface area contributed by atoms with Gasteiger partial charge in [0.05, 0.1) is 6.04 Å². The van der Waals surface area contributed by atoms with Crippen LogP contribution in [0.2, 0.25) is 0 Å². The van der Waals surface area contributed by atoms with Crippen molar-refractivity contribution in [2.24, 2.45) is 5.73 Å². The van der Waals surface area contributed by atoms with Gasteiger partial charge in [-0.3, -0.25) is 0 Å². The third-order valence-corrected chi connectivity index (χ3v) is 3.34. The lowest BCUT2D eigenvalue weighted by Gasteiger charge is -2.17. The first-order chi connectivity index (χ1) is 7.81. The predicted octanol–water partition coefficient (Wildman–Crippen LogP) is 2.92. The molecule has 1 fully saturated rings. The van der Waals surface area contributed by atoms with Crippen molar-refractivity contribution in [3.05, 3.63) is 11.7 Å². The minimum Gasteiger partial charge on any atom is -0.338 e. The monoisotopic (exact) mass is 223 g/mol. The topological polar surface area (TPSA) is 64.9 Å². The molecule has 0 spiro atoms. The summed E-state index contributed by atoms with van der Waals surface area (Å²) in [4.78, 5) is 4.45. The summed E-state index contributed by atoms with van der Waals surface area (Å²) >= 11 is 0. The molecule has 4 nitrogen and oxygen atoms in total. The Morgan fingerprint density at radius 3 is 2.81 bits per heavy atom. The van der Waals surface area contributed by atoms with Gasteiger partial charge in [-0.2, -0.15) is 4.98 Å². The van der Waals surface area contributed by atoms with Crippen LogP contribution in [0.15, 0.2) is 4.52 Å². The molecule has 1 saturated carbocycles. The minimum absolute atomic E-state index is 0.0881. The van der Waals surface area contributed by atoms with Crippen molar-refractivity contribution in [3.63, 3.8) is 0 Å². The molecule has 0 amide bonds. The molecule has 90 valence electrons. The SMILES string of the molecule is CCC[C@H](N)c1nc(C2CCCCC2)no1. The summed E-state index contributed by atoms with van der Waals surface area (Å²) in [6.45, 7) is 2.11. The summed E-state index contributed by atoms with van der Waals surface area (Å²) < 4.78 is 5.25. The first kappa shape index (κ1) is 11.6.